The third-order valence-corrected chi connectivity index (χ3v) is 3.39. The molecule has 2 atom stereocenters. The summed E-state index contributed by atoms with van der Waals surface area (Å²) >= 11 is 1.32. The number of aromatic amines is 1. The number of carbonyl (C=O) groups excluding carboxylic acids is 2. The molecular formula is C11H15N7O3S. The number of thioether (sulfide) groups is 1. The second-order valence-electron chi connectivity index (χ2n) is 4.46. The number of primary amides is 1. The van der Waals surface area contributed by atoms with Crippen molar-refractivity contribution in [3.05, 3.63) is 5.82 Å². The SMILES string of the molecule is CSc1nc2nc(C(N)=O)nc(NC(=O)[C@@H](N)[C@@H](C)O)c2[nH]1. The molecule has 10 nitrogen and oxygen atoms in total. The van der Waals surface area contributed by atoms with Gasteiger partial charge in [0.05, 0.1) is 6.10 Å². The van der Waals surface area contributed by atoms with Crippen LogP contribution >= 0.6 is 11.8 Å². The van der Waals surface area contributed by atoms with E-state index in [1.165, 1.54) is 18.7 Å². The third-order valence-electron chi connectivity index (χ3n) is 2.81. The van der Waals surface area contributed by atoms with E-state index in [1.54, 1.807) is 6.26 Å². The highest BCUT2D eigenvalue weighted by Gasteiger charge is 2.22. The zero-order chi connectivity index (χ0) is 16.4. The van der Waals surface area contributed by atoms with Gasteiger partial charge in [0, 0.05) is 0 Å². The molecule has 2 rings (SSSR count). The molecule has 2 aromatic rings. The van der Waals surface area contributed by atoms with Crippen molar-refractivity contribution in [2.45, 2.75) is 24.2 Å². The monoisotopic (exact) mass is 325 g/mol. The van der Waals surface area contributed by atoms with Crippen LogP contribution in [0.4, 0.5) is 5.82 Å². The number of nitrogens with one attached hydrogen (secondary N) is 2. The van der Waals surface area contributed by atoms with Crippen molar-refractivity contribution < 1.29 is 14.7 Å². The molecule has 0 aromatic carbocycles. The second-order valence-corrected chi connectivity index (χ2v) is 5.26. The lowest BCUT2D eigenvalue weighted by Crippen LogP contribution is -2.44. The molecule has 0 fully saturated rings. The first kappa shape index (κ1) is 16.1. The number of imidazole rings is 1. The molecule has 0 bridgehead atoms. The molecule has 0 radical (unpaired) electrons. The molecule has 118 valence electrons. The Hall–Kier alpha value is -2.24. The highest BCUT2D eigenvalue weighted by molar-refractivity contribution is 7.98. The van der Waals surface area contributed by atoms with Crippen LogP contribution in [-0.2, 0) is 4.79 Å². The topological polar surface area (TPSA) is 173 Å². The lowest BCUT2D eigenvalue weighted by Gasteiger charge is -2.14. The molecule has 2 amide bonds. The zero-order valence-electron chi connectivity index (χ0n) is 11.8. The highest BCUT2D eigenvalue weighted by Crippen LogP contribution is 2.22. The van der Waals surface area contributed by atoms with Crippen LogP contribution in [0, 0.1) is 0 Å². The second kappa shape index (κ2) is 6.25. The van der Waals surface area contributed by atoms with Crippen LogP contribution < -0.4 is 16.8 Å². The van der Waals surface area contributed by atoms with Gasteiger partial charge >= 0.3 is 0 Å². The number of anilines is 1. The Morgan fingerprint density at radius 2 is 2.05 bits per heavy atom. The number of H-pyrrole nitrogens is 1. The summed E-state index contributed by atoms with van der Waals surface area (Å²) in [5.41, 5.74) is 11.2. The fraction of sp³-hybridized carbons (Fsp3) is 0.364. The van der Waals surface area contributed by atoms with Crippen LogP contribution in [0.25, 0.3) is 11.2 Å². The molecule has 11 heteroatoms. The molecule has 0 saturated heterocycles. The predicted molar refractivity (Wildman–Crippen MR) is 80.3 cm³/mol. The van der Waals surface area contributed by atoms with E-state index in [4.69, 9.17) is 11.5 Å². The van der Waals surface area contributed by atoms with Gasteiger partial charge in [0.1, 0.15) is 11.6 Å². The average molecular weight is 325 g/mol. The van der Waals surface area contributed by atoms with E-state index in [-0.39, 0.29) is 17.3 Å². The average Bonchev–Trinajstić information content (AvgIpc) is 2.89. The van der Waals surface area contributed by atoms with E-state index in [1.807, 2.05) is 0 Å². The van der Waals surface area contributed by atoms with Gasteiger partial charge < -0.3 is 26.9 Å². The molecular weight excluding hydrogens is 310 g/mol. The van der Waals surface area contributed by atoms with E-state index in [0.29, 0.717) is 10.7 Å². The Balaban J connectivity index is 2.48. The maximum atomic E-state index is 11.9. The fourth-order valence-corrected chi connectivity index (χ4v) is 1.97. The van der Waals surface area contributed by atoms with E-state index in [9.17, 15) is 14.7 Å². The number of aliphatic hydroxyl groups is 1. The minimum absolute atomic E-state index is 0.0210. The Morgan fingerprint density at radius 3 is 2.59 bits per heavy atom. The molecule has 7 N–H and O–H groups in total. The molecule has 0 aliphatic carbocycles. The van der Waals surface area contributed by atoms with E-state index < -0.39 is 24.0 Å². The number of nitrogens with two attached hydrogens (primary N) is 2. The summed E-state index contributed by atoms with van der Waals surface area (Å²) in [6.45, 7) is 1.39. The van der Waals surface area contributed by atoms with Gasteiger partial charge in [0.2, 0.25) is 11.7 Å². The van der Waals surface area contributed by atoms with Crippen molar-refractivity contribution in [2.75, 3.05) is 11.6 Å². The van der Waals surface area contributed by atoms with Gasteiger partial charge in [-0.15, -0.1) is 0 Å². The standard InChI is InChI=1S/C11H15N7O3S/c1-3(19)4(12)10(21)17-7-5-8(18-11(14-5)22-2)16-9(15-7)6(13)20/h3-4,19H,12H2,1-2H3,(H2,13,20)(H2,14,15,16,17,18,21)/t3-,4+/m1/s1. The van der Waals surface area contributed by atoms with Gasteiger partial charge in [0.25, 0.3) is 5.91 Å². The summed E-state index contributed by atoms with van der Waals surface area (Å²) in [7, 11) is 0. The molecule has 0 aliphatic rings. The van der Waals surface area contributed by atoms with Crippen molar-refractivity contribution in [2.24, 2.45) is 11.5 Å². The van der Waals surface area contributed by atoms with Gasteiger partial charge in [-0.25, -0.2) is 15.0 Å². The molecule has 0 unspecified atom stereocenters. The Kier molecular flexibility index (Phi) is 4.59. The van der Waals surface area contributed by atoms with E-state index in [0.717, 1.165) is 0 Å². The maximum absolute atomic E-state index is 11.9. The molecule has 22 heavy (non-hydrogen) atoms. The number of aromatic nitrogens is 4. The molecule has 0 saturated carbocycles. The van der Waals surface area contributed by atoms with Crippen LogP contribution in [0.5, 0.6) is 0 Å². The molecule has 0 aliphatic heterocycles. The number of hydrogen-bond acceptors (Lipinski definition) is 8. The quantitative estimate of drug-likeness (QED) is 0.427. The van der Waals surface area contributed by atoms with Crippen molar-refractivity contribution in [1.29, 1.82) is 0 Å². The Morgan fingerprint density at radius 1 is 1.36 bits per heavy atom. The molecule has 2 aromatic heterocycles. The summed E-state index contributed by atoms with van der Waals surface area (Å²) in [5, 5.41) is 12.3. The zero-order valence-corrected chi connectivity index (χ0v) is 12.6. The first-order chi connectivity index (χ1) is 10.3. The highest BCUT2D eigenvalue weighted by atomic mass is 32.2. The molecule has 0 spiro atoms. The normalized spacial score (nSPS) is 13.8. The van der Waals surface area contributed by atoms with Crippen molar-refractivity contribution in [3.8, 4) is 0 Å². The lowest BCUT2D eigenvalue weighted by atomic mass is 10.2. The maximum Gasteiger partial charge on any atom is 0.286 e. The summed E-state index contributed by atoms with van der Waals surface area (Å²) in [4.78, 5) is 38.1. The minimum atomic E-state index is -1.15. The fourth-order valence-electron chi connectivity index (χ4n) is 1.59. The van der Waals surface area contributed by atoms with Crippen molar-refractivity contribution in [3.63, 3.8) is 0 Å². The smallest absolute Gasteiger partial charge is 0.286 e. The first-order valence-electron chi connectivity index (χ1n) is 6.19. The van der Waals surface area contributed by atoms with Gasteiger partial charge in [-0.05, 0) is 13.2 Å². The van der Waals surface area contributed by atoms with Crippen LogP contribution in [0.15, 0.2) is 5.16 Å². The summed E-state index contributed by atoms with van der Waals surface area (Å²) in [6, 6.07) is -1.15. The largest absolute Gasteiger partial charge is 0.391 e. The van der Waals surface area contributed by atoms with Crippen molar-refractivity contribution >= 4 is 40.6 Å². The number of amides is 2. The van der Waals surface area contributed by atoms with Gasteiger partial charge in [-0.2, -0.15) is 0 Å². The Bertz CT molecular complexity index is 730. The summed E-state index contributed by atoms with van der Waals surface area (Å²) < 4.78 is 0. The third kappa shape index (κ3) is 3.16. The van der Waals surface area contributed by atoms with Crippen molar-refractivity contribution in [1.82, 2.24) is 19.9 Å². The summed E-state index contributed by atoms with van der Waals surface area (Å²) in [6.07, 6.45) is 0.748. The minimum Gasteiger partial charge on any atom is -0.391 e. The van der Waals surface area contributed by atoms with Gasteiger partial charge in [0.15, 0.2) is 16.6 Å². The predicted octanol–water partition coefficient (Wildman–Crippen LogP) is -1.18. The lowest BCUT2D eigenvalue weighted by molar-refractivity contribution is -0.119. The number of carbonyl (C=O) groups is 2. The number of nitrogens with zero attached hydrogens (tertiary/aromatic N) is 3. The number of aliphatic hydroxyl groups excluding tert-OH is 1. The summed E-state index contributed by atoms with van der Waals surface area (Å²) in [5.74, 6) is -1.78. The number of rotatable bonds is 5. The van der Waals surface area contributed by atoms with Crippen LogP contribution in [0.1, 0.15) is 17.5 Å². The number of fused-ring (bicyclic) bond motifs is 1. The van der Waals surface area contributed by atoms with Gasteiger partial charge in [-0.1, -0.05) is 11.8 Å². The molecule has 2 heterocycles. The van der Waals surface area contributed by atoms with E-state index in [2.05, 4.69) is 25.3 Å². The number of hydrogen-bond donors (Lipinski definition) is 5. The van der Waals surface area contributed by atoms with Crippen LogP contribution in [0.2, 0.25) is 0 Å². The Labute approximate surface area is 129 Å². The first-order valence-corrected chi connectivity index (χ1v) is 7.42. The van der Waals surface area contributed by atoms with E-state index >= 15 is 0 Å². The van der Waals surface area contributed by atoms with Gasteiger partial charge in [-0.3, -0.25) is 9.59 Å². The van der Waals surface area contributed by atoms with Crippen LogP contribution in [-0.4, -0.2) is 55.3 Å². The van der Waals surface area contributed by atoms with Crippen LogP contribution in [0.3, 0.4) is 0 Å².